The minimum Gasteiger partial charge on any atom is -0.347 e. The van der Waals surface area contributed by atoms with E-state index in [0.717, 1.165) is 12.1 Å². The summed E-state index contributed by atoms with van der Waals surface area (Å²) in [5, 5.41) is 3.03. The fourth-order valence-corrected chi connectivity index (χ4v) is 1.96. The largest absolute Gasteiger partial charge is 0.347 e. The Morgan fingerprint density at radius 1 is 1.16 bits per heavy atom. The summed E-state index contributed by atoms with van der Waals surface area (Å²) < 4.78 is 0. The lowest BCUT2D eigenvalue weighted by atomic mass is 10.0. The van der Waals surface area contributed by atoms with Gasteiger partial charge in [-0.15, -0.1) is 0 Å². The zero-order chi connectivity index (χ0) is 13.5. The van der Waals surface area contributed by atoms with Crippen molar-refractivity contribution in [3.63, 3.8) is 0 Å². The maximum atomic E-state index is 11.6. The monoisotopic (exact) mass is 254 g/mol. The van der Waals surface area contributed by atoms with Crippen molar-refractivity contribution >= 4 is 5.91 Å². The Morgan fingerprint density at radius 3 is 2.53 bits per heavy atom. The fraction of sp³-hybridized carbons (Fsp3) is 0.250. The summed E-state index contributed by atoms with van der Waals surface area (Å²) in [5.41, 5.74) is 2.09. The fourth-order valence-electron chi connectivity index (χ4n) is 1.96. The van der Waals surface area contributed by atoms with Crippen LogP contribution >= 0.6 is 0 Å². The minimum atomic E-state index is -0.0731. The Balaban J connectivity index is 2.17. The van der Waals surface area contributed by atoms with Gasteiger partial charge in [-0.1, -0.05) is 43.3 Å². The van der Waals surface area contributed by atoms with Crippen LogP contribution in [0.1, 0.15) is 30.6 Å². The average molecular weight is 254 g/mol. The molecule has 1 heterocycles. The number of pyridine rings is 1. The molecule has 0 saturated heterocycles. The van der Waals surface area contributed by atoms with Crippen LogP contribution in [0.3, 0.4) is 0 Å². The molecule has 0 fully saturated rings. The van der Waals surface area contributed by atoms with E-state index in [1.807, 2.05) is 43.3 Å². The van der Waals surface area contributed by atoms with Gasteiger partial charge in [-0.05, 0) is 24.1 Å². The number of nitrogens with zero attached hydrogens (tertiary/aromatic N) is 1. The molecule has 1 atom stereocenters. The van der Waals surface area contributed by atoms with Crippen molar-refractivity contribution in [2.24, 2.45) is 0 Å². The molecule has 1 unspecified atom stereocenters. The molecule has 1 amide bonds. The smallest absolute Gasteiger partial charge is 0.220 e. The van der Waals surface area contributed by atoms with Crippen LogP contribution in [0, 0.1) is 0 Å². The van der Waals surface area contributed by atoms with E-state index in [-0.39, 0.29) is 11.9 Å². The van der Waals surface area contributed by atoms with Crippen LogP contribution < -0.4 is 5.32 Å². The first-order valence-electron chi connectivity index (χ1n) is 6.54. The van der Waals surface area contributed by atoms with Crippen molar-refractivity contribution in [3.8, 4) is 0 Å². The number of aromatic nitrogens is 1. The number of carbonyl (C=O) groups excluding carboxylic acids is 1. The molecule has 2 aromatic rings. The lowest BCUT2D eigenvalue weighted by Gasteiger charge is -2.18. The van der Waals surface area contributed by atoms with Crippen molar-refractivity contribution in [1.29, 1.82) is 0 Å². The van der Waals surface area contributed by atoms with E-state index in [1.54, 1.807) is 6.20 Å². The van der Waals surface area contributed by atoms with Crippen LogP contribution in [0.2, 0.25) is 0 Å². The number of hydrogen-bond donors (Lipinski definition) is 1. The van der Waals surface area contributed by atoms with Gasteiger partial charge in [0.1, 0.15) is 0 Å². The molecular weight excluding hydrogens is 236 g/mol. The van der Waals surface area contributed by atoms with Gasteiger partial charge in [0.15, 0.2) is 0 Å². The second-order valence-corrected chi connectivity index (χ2v) is 4.42. The summed E-state index contributed by atoms with van der Waals surface area (Å²) in [7, 11) is 0. The summed E-state index contributed by atoms with van der Waals surface area (Å²) in [5.74, 6) is 0.0478. The molecule has 2 rings (SSSR count). The summed E-state index contributed by atoms with van der Waals surface area (Å²) in [6.45, 7) is 1.85. The molecular formula is C16H18N2O. The average Bonchev–Trinajstić information content (AvgIpc) is 2.48. The third-order valence-electron chi connectivity index (χ3n) is 2.98. The quantitative estimate of drug-likeness (QED) is 0.891. The number of rotatable bonds is 5. The van der Waals surface area contributed by atoms with Crippen LogP contribution in [0.15, 0.2) is 54.7 Å². The zero-order valence-corrected chi connectivity index (χ0v) is 11.0. The van der Waals surface area contributed by atoms with Gasteiger partial charge in [0.05, 0.1) is 11.7 Å². The lowest BCUT2D eigenvalue weighted by Crippen LogP contribution is -2.29. The third-order valence-corrected chi connectivity index (χ3v) is 2.98. The van der Waals surface area contributed by atoms with Gasteiger partial charge in [0.2, 0.25) is 5.91 Å². The highest BCUT2D eigenvalue weighted by Gasteiger charge is 2.15. The molecule has 0 radical (unpaired) electrons. The predicted molar refractivity (Wildman–Crippen MR) is 75.6 cm³/mol. The van der Waals surface area contributed by atoms with Gasteiger partial charge in [0, 0.05) is 12.6 Å². The zero-order valence-electron chi connectivity index (χ0n) is 11.0. The molecule has 0 aliphatic rings. The number of carbonyl (C=O) groups is 1. The van der Waals surface area contributed by atoms with Crippen LogP contribution in [0.4, 0.5) is 0 Å². The molecule has 0 saturated carbocycles. The van der Waals surface area contributed by atoms with Crippen molar-refractivity contribution in [3.05, 3.63) is 66.0 Å². The Hall–Kier alpha value is -2.16. The van der Waals surface area contributed by atoms with Crippen molar-refractivity contribution in [1.82, 2.24) is 10.3 Å². The van der Waals surface area contributed by atoms with E-state index in [2.05, 4.69) is 22.4 Å². The SMILES string of the molecule is CCC(=O)NC(Cc1ccccc1)c1ccccn1. The van der Waals surface area contributed by atoms with Crippen molar-refractivity contribution in [2.75, 3.05) is 0 Å². The number of hydrogen-bond acceptors (Lipinski definition) is 2. The maximum Gasteiger partial charge on any atom is 0.220 e. The van der Waals surface area contributed by atoms with Crippen LogP contribution in [0.25, 0.3) is 0 Å². The Morgan fingerprint density at radius 2 is 1.89 bits per heavy atom. The molecule has 1 aromatic carbocycles. The molecule has 0 spiro atoms. The second kappa shape index (κ2) is 6.69. The van der Waals surface area contributed by atoms with E-state index in [0.29, 0.717) is 6.42 Å². The summed E-state index contributed by atoms with van der Waals surface area (Å²) in [6, 6.07) is 15.8. The predicted octanol–water partition coefficient (Wildman–Crippen LogP) is 2.89. The number of benzene rings is 1. The van der Waals surface area contributed by atoms with Gasteiger partial charge in [-0.25, -0.2) is 0 Å². The van der Waals surface area contributed by atoms with E-state index in [1.165, 1.54) is 5.56 Å². The molecule has 0 aliphatic heterocycles. The normalized spacial score (nSPS) is 11.8. The molecule has 0 aliphatic carbocycles. The van der Waals surface area contributed by atoms with Gasteiger partial charge in [-0.3, -0.25) is 9.78 Å². The Labute approximate surface area is 113 Å². The second-order valence-electron chi connectivity index (χ2n) is 4.42. The molecule has 98 valence electrons. The summed E-state index contributed by atoms with van der Waals surface area (Å²) in [4.78, 5) is 16.0. The topological polar surface area (TPSA) is 42.0 Å². The maximum absolute atomic E-state index is 11.6. The Kier molecular flexibility index (Phi) is 4.67. The van der Waals surface area contributed by atoms with Crippen LogP contribution in [0.5, 0.6) is 0 Å². The van der Waals surface area contributed by atoms with Gasteiger partial charge >= 0.3 is 0 Å². The molecule has 1 aromatic heterocycles. The van der Waals surface area contributed by atoms with Crippen molar-refractivity contribution in [2.45, 2.75) is 25.8 Å². The first-order valence-corrected chi connectivity index (χ1v) is 6.54. The lowest BCUT2D eigenvalue weighted by molar-refractivity contribution is -0.121. The minimum absolute atomic E-state index is 0.0478. The Bertz CT molecular complexity index is 511. The van der Waals surface area contributed by atoms with Gasteiger partial charge in [0.25, 0.3) is 0 Å². The molecule has 3 heteroatoms. The number of nitrogens with one attached hydrogen (secondary N) is 1. The van der Waals surface area contributed by atoms with Gasteiger partial charge in [-0.2, -0.15) is 0 Å². The van der Waals surface area contributed by atoms with Crippen molar-refractivity contribution < 1.29 is 4.79 Å². The summed E-state index contributed by atoms with van der Waals surface area (Å²) >= 11 is 0. The van der Waals surface area contributed by atoms with E-state index in [9.17, 15) is 4.79 Å². The van der Waals surface area contributed by atoms with Crippen LogP contribution in [-0.2, 0) is 11.2 Å². The first-order chi connectivity index (χ1) is 9.29. The van der Waals surface area contributed by atoms with E-state index < -0.39 is 0 Å². The molecule has 3 nitrogen and oxygen atoms in total. The highest BCUT2D eigenvalue weighted by atomic mass is 16.1. The molecule has 1 N–H and O–H groups in total. The highest BCUT2D eigenvalue weighted by Crippen LogP contribution is 2.16. The van der Waals surface area contributed by atoms with Gasteiger partial charge < -0.3 is 5.32 Å². The van der Waals surface area contributed by atoms with E-state index >= 15 is 0 Å². The highest BCUT2D eigenvalue weighted by molar-refractivity contribution is 5.76. The van der Waals surface area contributed by atoms with Crippen LogP contribution in [-0.4, -0.2) is 10.9 Å². The molecule has 19 heavy (non-hydrogen) atoms. The van der Waals surface area contributed by atoms with E-state index in [4.69, 9.17) is 0 Å². The number of amides is 1. The standard InChI is InChI=1S/C16H18N2O/c1-2-16(19)18-15(14-10-6-7-11-17-14)12-13-8-4-3-5-9-13/h3-11,15H,2,12H2,1H3,(H,18,19). The first kappa shape index (κ1) is 13.3. The third kappa shape index (κ3) is 3.91. The summed E-state index contributed by atoms with van der Waals surface area (Å²) in [6.07, 6.45) is 2.99. The molecule has 0 bridgehead atoms.